The number of rotatable bonds is 4. The average molecular weight is 304 g/mol. The first-order chi connectivity index (χ1) is 10.7. The molecule has 2 heterocycles. The molecule has 3 rings (SSSR count). The molecule has 1 unspecified atom stereocenters. The van der Waals surface area contributed by atoms with Gasteiger partial charge >= 0.3 is 0 Å². The van der Waals surface area contributed by atoms with Crippen molar-refractivity contribution in [3.05, 3.63) is 47.0 Å². The number of halogens is 1. The van der Waals surface area contributed by atoms with E-state index >= 15 is 0 Å². The minimum absolute atomic E-state index is 0.0148. The maximum Gasteiger partial charge on any atom is 0.126 e. The lowest BCUT2D eigenvalue weighted by Gasteiger charge is -2.33. The normalized spacial score (nSPS) is 19.5. The van der Waals surface area contributed by atoms with Gasteiger partial charge in [0.2, 0.25) is 0 Å². The summed E-state index contributed by atoms with van der Waals surface area (Å²) >= 11 is 0. The van der Waals surface area contributed by atoms with E-state index in [1.807, 2.05) is 23.0 Å². The molecule has 1 saturated heterocycles. The zero-order valence-electron chi connectivity index (χ0n) is 13.0. The minimum Gasteiger partial charge on any atom is -0.371 e. The van der Waals surface area contributed by atoms with Gasteiger partial charge in [-0.15, -0.1) is 5.10 Å². The van der Waals surface area contributed by atoms with Gasteiger partial charge in [0.1, 0.15) is 5.82 Å². The molecule has 22 heavy (non-hydrogen) atoms. The molecular formula is C16H21FN4O. The van der Waals surface area contributed by atoms with Crippen LogP contribution in [0, 0.1) is 12.7 Å². The van der Waals surface area contributed by atoms with Gasteiger partial charge in [0.15, 0.2) is 0 Å². The molecule has 0 aliphatic carbocycles. The first-order valence-corrected chi connectivity index (χ1v) is 7.64. The Balaban J connectivity index is 1.70. The number of ether oxygens (including phenoxy) is 1. The fraction of sp³-hybridized carbons (Fsp3) is 0.500. The standard InChI is InChI=1S/C16H21FN4O/c1-3-21-14(9-18-19-21)10-20-6-7-22-16(11-20)13-4-5-15(17)12(2)8-13/h4-5,8-9,16H,3,6-7,10-11H2,1-2H3. The van der Waals surface area contributed by atoms with E-state index in [4.69, 9.17) is 4.74 Å². The molecule has 1 aromatic carbocycles. The van der Waals surface area contributed by atoms with E-state index in [1.54, 1.807) is 6.92 Å². The number of hydrogen-bond donors (Lipinski definition) is 0. The summed E-state index contributed by atoms with van der Waals surface area (Å²) in [6, 6.07) is 5.21. The summed E-state index contributed by atoms with van der Waals surface area (Å²) in [5, 5.41) is 8.04. The maximum absolute atomic E-state index is 13.4. The number of benzene rings is 1. The van der Waals surface area contributed by atoms with Crippen LogP contribution in [-0.4, -0.2) is 39.6 Å². The summed E-state index contributed by atoms with van der Waals surface area (Å²) < 4.78 is 21.2. The molecule has 0 radical (unpaired) electrons. The molecule has 0 saturated carbocycles. The van der Waals surface area contributed by atoms with Crippen LogP contribution < -0.4 is 0 Å². The molecule has 0 amide bonds. The molecule has 1 atom stereocenters. The van der Waals surface area contributed by atoms with Crippen LogP contribution in [0.15, 0.2) is 24.4 Å². The molecule has 1 aromatic heterocycles. The number of morpholine rings is 1. The highest BCUT2D eigenvalue weighted by molar-refractivity contribution is 5.26. The molecule has 1 aliphatic heterocycles. The van der Waals surface area contributed by atoms with E-state index in [0.29, 0.717) is 12.2 Å². The van der Waals surface area contributed by atoms with Gasteiger partial charge in [-0.3, -0.25) is 4.90 Å². The van der Waals surface area contributed by atoms with Gasteiger partial charge in [0.25, 0.3) is 0 Å². The van der Waals surface area contributed by atoms with E-state index < -0.39 is 0 Å². The predicted octanol–water partition coefficient (Wildman–Crippen LogP) is 2.32. The van der Waals surface area contributed by atoms with E-state index in [2.05, 4.69) is 22.1 Å². The Morgan fingerprint density at radius 2 is 2.27 bits per heavy atom. The molecule has 6 heteroatoms. The fourth-order valence-electron chi connectivity index (χ4n) is 2.81. The monoisotopic (exact) mass is 304 g/mol. The molecule has 5 nitrogen and oxygen atoms in total. The van der Waals surface area contributed by atoms with Gasteiger partial charge in [-0.1, -0.05) is 17.3 Å². The van der Waals surface area contributed by atoms with Crippen molar-refractivity contribution in [3.8, 4) is 0 Å². The SMILES string of the molecule is CCn1nncc1CN1CCOC(c2ccc(F)c(C)c2)C1. The molecular weight excluding hydrogens is 283 g/mol. The van der Waals surface area contributed by atoms with Crippen molar-refractivity contribution in [2.24, 2.45) is 0 Å². The van der Waals surface area contributed by atoms with Crippen LogP contribution in [-0.2, 0) is 17.8 Å². The fourth-order valence-corrected chi connectivity index (χ4v) is 2.81. The zero-order chi connectivity index (χ0) is 15.5. The lowest BCUT2D eigenvalue weighted by Crippen LogP contribution is -2.38. The smallest absolute Gasteiger partial charge is 0.126 e. The van der Waals surface area contributed by atoms with E-state index in [9.17, 15) is 4.39 Å². The van der Waals surface area contributed by atoms with Crippen LogP contribution in [0.2, 0.25) is 0 Å². The van der Waals surface area contributed by atoms with Crippen LogP contribution in [0.4, 0.5) is 4.39 Å². The third kappa shape index (κ3) is 3.18. The van der Waals surface area contributed by atoms with Gasteiger partial charge in [0, 0.05) is 26.2 Å². The Hall–Kier alpha value is -1.79. The van der Waals surface area contributed by atoms with Crippen molar-refractivity contribution in [3.63, 3.8) is 0 Å². The molecule has 118 valence electrons. The molecule has 0 N–H and O–H groups in total. The van der Waals surface area contributed by atoms with Crippen molar-refractivity contribution < 1.29 is 9.13 Å². The van der Waals surface area contributed by atoms with E-state index in [0.717, 1.165) is 37.4 Å². The second kappa shape index (κ2) is 6.54. The largest absolute Gasteiger partial charge is 0.371 e. The zero-order valence-corrected chi connectivity index (χ0v) is 13.0. The molecule has 1 fully saturated rings. The highest BCUT2D eigenvalue weighted by Crippen LogP contribution is 2.24. The highest BCUT2D eigenvalue weighted by atomic mass is 19.1. The topological polar surface area (TPSA) is 43.2 Å². The van der Waals surface area contributed by atoms with Crippen LogP contribution in [0.25, 0.3) is 0 Å². The van der Waals surface area contributed by atoms with Crippen LogP contribution >= 0.6 is 0 Å². The quantitative estimate of drug-likeness (QED) is 0.869. The summed E-state index contributed by atoms with van der Waals surface area (Å²) in [6.07, 6.45) is 1.80. The summed E-state index contributed by atoms with van der Waals surface area (Å²) in [7, 11) is 0. The Morgan fingerprint density at radius 1 is 1.41 bits per heavy atom. The lowest BCUT2D eigenvalue weighted by molar-refractivity contribution is -0.0337. The lowest BCUT2D eigenvalue weighted by atomic mass is 10.0. The van der Waals surface area contributed by atoms with Crippen molar-refractivity contribution in [1.29, 1.82) is 0 Å². The first-order valence-electron chi connectivity index (χ1n) is 7.64. The Morgan fingerprint density at radius 3 is 3.05 bits per heavy atom. The Bertz CT molecular complexity index is 643. The van der Waals surface area contributed by atoms with Crippen LogP contribution in [0.5, 0.6) is 0 Å². The van der Waals surface area contributed by atoms with Gasteiger partial charge in [0.05, 0.1) is 24.6 Å². The molecule has 2 aromatic rings. The third-order valence-electron chi connectivity index (χ3n) is 4.09. The molecule has 0 bridgehead atoms. The Kier molecular flexibility index (Phi) is 4.49. The van der Waals surface area contributed by atoms with E-state index in [-0.39, 0.29) is 11.9 Å². The van der Waals surface area contributed by atoms with Gasteiger partial charge < -0.3 is 4.74 Å². The highest BCUT2D eigenvalue weighted by Gasteiger charge is 2.23. The van der Waals surface area contributed by atoms with Crippen LogP contribution in [0.1, 0.15) is 29.8 Å². The summed E-state index contributed by atoms with van der Waals surface area (Å²) in [5.41, 5.74) is 2.80. The number of hydrogen-bond acceptors (Lipinski definition) is 4. The van der Waals surface area contributed by atoms with Gasteiger partial charge in [-0.25, -0.2) is 9.07 Å². The number of aryl methyl sites for hydroxylation is 2. The number of nitrogens with zero attached hydrogens (tertiary/aromatic N) is 4. The molecule has 1 aliphatic rings. The first kappa shape index (κ1) is 15.1. The minimum atomic E-state index is -0.172. The second-order valence-electron chi connectivity index (χ2n) is 5.64. The van der Waals surface area contributed by atoms with Crippen LogP contribution in [0.3, 0.4) is 0 Å². The molecule has 0 spiro atoms. The number of aromatic nitrogens is 3. The summed E-state index contributed by atoms with van der Waals surface area (Å²) in [4.78, 5) is 2.33. The summed E-state index contributed by atoms with van der Waals surface area (Å²) in [5.74, 6) is -0.172. The third-order valence-corrected chi connectivity index (χ3v) is 4.09. The van der Waals surface area contributed by atoms with Crippen molar-refractivity contribution >= 4 is 0 Å². The maximum atomic E-state index is 13.4. The average Bonchev–Trinajstić information content (AvgIpc) is 2.97. The predicted molar refractivity (Wildman–Crippen MR) is 80.8 cm³/mol. The van der Waals surface area contributed by atoms with Crippen molar-refractivity contribution in [1.82, 2.24) is 19.9 Å². The van der Waals surface area contributed by atoms with Gasteiger partial charge in [-0.2, -0.15) is 0 Å². The van der Waals surface area contributed by atoms with Crippen molar-refractivity contribution in [2.45, 2.75) is 33.0 Å². The van der Waals surface area contributed by atoms with Crippen molar-refractivity contribution in [2.75, 3.05) is 19.7 Å². The summed E-state index contributed by atoms with van der Waals surface area (Å²) in [6.45, 7) is 7.81. The second-order valence-corrected chi connectivity index (χ2v) is 5.64. The van der Waals surface area contributed by atoms with Gasteiger partial charge in [-0.05, 0) is 31.0 Å². The Labute approximate surface area is 129 Å². The van der Waals surface area contributed by atoms with E-state index in [1.165, 1.54) is 6.07 Å².